The summed E-state index contributed by atoms with van der Waals surface area (Å²) in [5.41, 5.74) is -2.69. The van der Waals surface area contributed by atoms with Gasteiger partial charge in [-0.25, -0.2) is 0 Å². The average molecular weight is 605 g/mol. The molecule has 0 bridgehead atoms. The van der Waals surface area contributed by atoms with Crippen molar-refractivity contribution in [3.8, 4) is 0 Å². The molecule has 0 saturated carbocycles. The monoisotopic (exact) mass is 604 g/mol. The highest BCUT2D eigenvalue weighted by Crippen LogP contribution is 2.50. The van der Waals surface area contributed by atoms with Crippen LogP contribution in [0.2, 0.25) is 0 Å². The summed E-state index contributed by atoms with van der Waals surface area (Å²) in [5, 5.41) is 11.6. The fourth-order valence-corrected chi connectivity index (χ4v) is 7.66. The summed E-state index contributed by atoms with van der Waals surface area (Å²) < 4.78 is 12.2. The second-order valence-electron chi connectivity index (χ2n) is 13.3. The molecule has 0 aliphatic heterocycles. The number of hydrogen-bond acceptors (Lipinski definition) is 4. The van der Waals surface area contributed by atoms with Crippen LogP contribution in [0.3, 0.4) is 0 Å². The van der Waals surface area contributed by atoms with E-state index in [2.05, 4.69) is 13.8 Å². The predicted octanol–water partition coefficient (Wildman–Crippen LogP) is 8.47. The van der Waals surface area contributed by atoms with Gasteiger partial charge in [0.1, 0.15) is 0 Å². The van der Waals surface area contributed by atoms with E-state index in [0.29, 0.717) is 12.8 Å². The van der Waals surface area contributed by atoms with Crippen molar-refractivity contribution in [2.45, 2.75) is 179 Å². The van der Waals surface area contributed by atoms with Crippen molar-refractivity contribution in [2.75, 3.05) is 21.1 Å². The van der Waals surface area contributed by atoms with Gasteiger partial charge in [0, 0.05) is 12.8 Å². The zero-order chi connectivity index (χ0) is 31.2. The molecule has 0 aromatic heterocycles. The van der Waals surface area contributed by atoms with E-state index in [9.17, 15) is 29.0 Å². The number of Topliss-reactive ketones (excluding diaryl/α,β-unsaturated/α-hetero) is 2. The number of aliphatic hydroxyl groups is 1. The van der Waals surface area contributed by atoms with Crippen LogP contribution in [0.25, 0.3) is 0 Å². The Labute approximate surface area is 253 Å². The van der Waals surface area contributed by atoms with Crippen LogP contribution >= 0.6 is 7.60 Å². The van der Waals surface area contributed by atoms with Crippen LogP contribution in [0.15, 0.2) is 0 Å². The third-order valence-electron chi connectivity index (χ3n) is 8.29. The highest BCUT2D eigenvalue weighted by molar-refractivity contribution is 7.52. The molecule has 0 aliphatic rings. The van der Waals surface area contributed by atoms with Gasteiger partial charge in [-0.1, -0.05) is 142 Å². The van der Waals surface area contributed by atoms with Crippen LogP contribution in [-0.2, 0) is 14.2 Å². The summed E-state index contributed by atoms with van der Waals surface area (Å²) in [6.45, 7) is 4.44. The van der Waals surface area contributed by atoms with Crippen LogP contribution in [0.4, 0.5) is 0 Å². The second-order valence-corrected chi connectivity index (χ2v) is 14.9. The van der Waals surface area contributed by atoms with Crippen molar-refractivity contribution >= 4 is 19.2 Å². The number of likely N-dealkylation sites (N-methyl/N-ethyl adjacent to an activating group) is 1. The molecule has 8 heteroatoms. The molecule has 0 rings (SSSR count). The Morgan fingerprint density at radius 1 is 0.561 bits per heavy atom. The fraction of sp³-hybridized carbons (Fsp3) is 0.939. The molecule has 1 unspecified atom stereocenters. The number of carbonyl (C=O) groups is 2. The van der Waals surface area contributed by atoms with Crippen molar-refractivity contribution < 1.29 is 33.5 Å². The van der Waals surface area contributed by atoms with Crippen molar-refractivity contribution in [1.82, 2.24) is 0 Å². The highest BCUT2D eigenvalue weighted by Gasteiger charge is 2.62. The van der Waals surface area contributed by atoms with Gasteiger partial charge in [0.2, 0.25) is 11.4 Å². The first kappa shape index (κ1) is 40.4. The number of quaternary nitrogens is 1. The summed E-state index contributed by atoms with van der Waals surface area (Å²) in [6.07, 6.45) is 24.3. The molecule has 0 spiro atoms. The van der Waals surface area contributed by atoms with Crippen LogP contribution in [0.1, 0.15) is 168 Å². The minimum atomic E-state index is -4.98. The lowest BCUT2D eigenvalue weighted by Crippen LogP contribution is -2.65. The molecule has 0 radical (unpaired) electrons. The Balaban J connectivity index is 4.84. The predicted molar refractivity (Wildman–Crippen MR) is 171 cm³/mol. The Kier molecular flexibility index (Phi) is 22.6. The number of carbonyl (C=O) groups excluding carboxylic acids is 2. The zero-order valence-corrected chi connectivity index (χ0v) is 28.4. The molecule has 0 fully saturated rings. The van der Waals surface area contributed by atoms with Crippen molar-refractivity contribution in [2.24, 2.45) is 0 Å². The molecule has 1 atom stereocenters. The first-order valence-corrected chi connectivity index (χ1v) is 18.7. The maximum Gasteiger partial charge on any atom is 0.386 e. The number of rotatable bonds is 29. The fourth-order valence-electron chi connectivity index (χ4n) is 5.98. The largest absolute Gasteiger partial charge is 0.386 e. The summed E-state index contributed by atoms with van der Waals surface area (Å²) in [5.74, 6) is -3.32. The van der Waals surface area contributed by atoms with Crippen molar-refractivity contribution in [3.05, 3.63) is 0 Å². The maximum absolute atomic E-state index is 13.4. The van der Waals surface area contributed by atoms with Crippen LogP contribution in [-0.4, -0.2) is 63.5 Å². The Morgan fingerprint density at radius 2 is 0.805 bits per heavy atom. The topological polar surface area (TPSA) is 112 Å². The smallest absolute Gasteiger partial charge is 0.370 e. The SMILES string of the molecule is CCCCCCCCCCCCCC(=O)C(O)(C(=O)CCCCCCCCCCCCC)C([N+](C)(C)C)P(=O)(O)O. The number of unbranched alkanes of at least 4 members (excludes halogenated alkanes) is 20. The molecular formula is C33H67NO6P+. The average Bonchev–Trinajstić information content (AvgIpc) is 2.88. The summed E-state index contributed by atoms with van der Waals surface area (Å²) >= 11 is 0. The van der Waals surface area contributed by atoms with E-state index in [1.54, 1.807) is 0 Å². The normalized spacial score (nSPS) is 13.5. The van der Waals surface area contributed by atoms with E-state index in [1.807, 2.05) is 0 Å². The summed E-state index contributed by atoms with van der Waals surface area (Å²) in [6, 6.07) is 0. The van der Waals surface area contributed by atoms with Gasteiger partial charge in [-0.3, -0.25) is 14.2 Å². The van der Waals surface area contributed by atoms with Gasteiger partial charge >= 0.3 is 7.60 Å². The van der Waals surface area contributed by atoms with Crippen LogP contribution < -0.4 is 0 Å². The number of nitrogens with zero attached hydrogens (tertiary/aromatic N) is 1. The van der Waals surface area contributed by atoms with Gasteiger partial charge in [0.05, 0.1) is 21.1 Å². The lowest BCUT2D eigenvalue weighted by Gasteiger charge is -2.42. The summed E-state index contributed by atoms with van der Waals surface area (Å²) in [4.78, 5) is 47.2. The zero-order valence-electron chi connectivity index (χ0n) is 27.5. The van der Waals surface area contributed by atoms with E-state index in [0.717, 1.165) is 38.5 Å². The standard InChI is InChI=1S/C33H66NO6P/c1-6-8-10-12-14-16-18-20-22-24-26-28-30(35)33(37,32(34(3,4)5)41(38,39)40)31(36)29-27-25-23-21-19-17-15-13-11-9-7-2/h32,37H,6-29H2,1-5H3,(H-,38,39,40)/p+1. The van der Waals surface area contributed by atoms with Gasteiger partial charge in [0.25, 0.3) is 0 Å². The molecule has 0 saturated heterocycles. The van der Waals surface area contributed by atoms with Crippen molar-refractivity contribution in [3.63, 3.8) is 0 Å². The molecular weight excluding hydrogens is 537 g/mol. The molecule has 7 nitrogen and oxygen atoms in total. The van der Waals surface area contributed by atoms with Crippen LogP contribution in [0.5, 0.6) is 0 Å². The van der Waals surface area contributed by atoms with E-state index in [1.165, 1.54) is 111 Å². The van der Waals surface area contributed by atoms with E-state index in [-0.39, 0.29) is 17.3 Å². The molecule has 3 N–H and O–H groups in total. The van der Waals surface area contributed by atoms with Crippen molar-refractivity contribution in [1.29, 1.82) is 0 Å². The van der Waals surface area contributed by atoms with E-state index < -0.39 is 30.5 Å². The lowest BCUT2D eigenvalue weighted by atomic mass is 9.85. The Morgan fingerprint density at radius 3 is 1.02 bits per heavy atom. The molecule has 244 valence electrons. The molecule has 41 heavy (non-hydrogen) atoms. The molecule has 0 amide bonds. The third-order valence-corrected chi connectivity index (χ3v) is 9.99. The van der Waals surface area contributed by atoms with Crippen LogP contribution in [0, 0.1) is 0 Å². The molecule has 0 heterocycles. The maximum atomic E-state index is 13.4. The minimum absolute atomic E-state index is 0.0476. The highest BCUT2D eigenvalue weighted by atomic mass is 31.2. The second kappa shape index (κ2) is 22.9. The quantitative estimate of drug-likeness (QED) is 0.0342. The molecule has 0 aromatic rings. The lowest BCUT2D eigenvalue weighted by molar-refractivity contribution is -0.887. The Hall–Kier alpha value is -0.590. The first-order chi connectivity index (χ1) is 19.3. The summed E-state index contributed by atoms with van der Waals surface area (Å²) in [7, 11) is -0.441. The first-order valence-electron chi connectivity index (χ1n) is 17.0. The number of ketones is 2. The van der Waals surface area contributed by atoms with Gasteiger partial charge in [-0.05, 0) is 12.8 Å². The van der Waals surface area contributed by atoms with E-state index in [4.69, 9.17) is 0 Å². The third kappa shape index (κ3) is 18.0. The van der Waals surface area contributed by atoms with E-state index >= 15 is 0 Å². The van der Waals surface area contributed by atoms with Gasteiger partial charge in [-0.2, -0.15) is 0 Å². The molecule has 0 aromatic carbocycles. The van der Waals surface area contributed by atoms with Gasteiger partial charge in [-0.15, -0.1) is 0 Å². The van der Waals surface area contributed by atoms with Gasteiger partial charge in [0.15, 0.2) is 11.6 Å². The minimum Gasteiger partial charge on any atom is -0.370 e. The Bertz CT molecular complexity index is 692. The van der Waals surface area contributed by atoms with Gasteiger partial charge < -0.3 is 19.4 Å². The number of hydrogen-bond donors (Lipinski definition) is 3. The molecule has 0 aliphatic carbocycles.